The van der Waals surface area contributed by atoms with E-state index in [1.807, 2.05) is 60.7 Å². The molecule has 0 radical (unpaired) electrons. The number of nitrogens with one attached hydrogen (secondary N) is 3. The first-order valence-corrected chi connectivity index (χ1v) is 10.5. The number of hydrogen-bond donors (Lipinski definition) is 4. The van der Waals surface area contributed by atoms with E-state index >= 15 is 0 Å². The third-order valence-electron chi connectivity index (χ3n) is 4.36. The molecule has 0 saturated heterocycles. The lowest BCUT2D eigenvalue weighted by molar-refractivity contribution is -0.384. The number of non-ortho nitro benzene ring substituents is 1. The maximum absolute atomic E-state index is 11.3. The summed E-state index contributed by atoms with van der Waals surface area (Å²) >= 11 is 11.0. The molecule has 3 aromatic carbocycles. The van der Waals surface area contributed by atoms with Gasteiger partial charge >= 0.3 is 0 Å². The number of thiocarbonyl (C=S) groups is 2. The number of aliphatic hydroxyl groups is 1. The van der Waals surface area contributed by atoms with Crippen LogP contribution in [0, 0.1) is 10.1 Å². The number of aliphatic hydroxyl groups excluding tert-OH is 1. The lowest BCUT2D eigenvalue weighted by Gasteiger charge is -2.27. The summed E-state index contributed by atoms with van der Waals surface area (Å²) in [5.41, 5.74) is 2.34. The summed E-state index contributed by atoms with van der Waals surface area (Å²) in [6.45, 7) is -0.0101. The number of rotatable bonds is 7. The molecule has 32 heavy (non-hydrogen) atoms. The summed E-state index contributed by atoms with van der Waals surface area (Å²) in [6, 6.07) is 23.0. The molecule has 0 fully saturated rings. The highest BCUT2D eigenvalue weighted by Gasteiger charge is 2.20. The van der Waals surface area contributed by atoms with Crippen LogP contribution in [0.1, 0.15) is 0 Å². The third-order valence-corrected chi connectivity index (χ3v) is 4.88. The lowest BCUT2D eigenvalue weighted by Crippen LogP contribution is -2.37. The van der Waals surface area contributed by atoms with E-state index in [1.54, 1.807) is 11.0 Å². The number of hydrogen-bond acceptors (Lipinski definition) is 5. The van der Waals surface area contributed by atoms with Gasteiger partial charge in [0.25, 0.3) is 5.69 Å². The van der Waals surface area contributed by atoms with Crippen molar-refractivity contribution in [2.45, 2.75) is 0 Å². The van der Waals surface area contributed by atoms with Gasteiger partial charge in [0, 0.05) is 30.1 Å². The minimum Gasteiger partial charge on any atom is -0.395 e. The van der Waals surface area contributed by atoms with Crippen LogP contribution in [-0.4, -0.2) is 33.4 Å². The quantitative estimate of drug-likeness (QED) is 0.225. The highest BCUT2D eigenvalue weighted by molar-refractivity contribution is 7.81. The van der Waals surface area contributed by atoms with Crippen molar-refractivity contribution in [3.8, 4) is 0 Å². The number of nitro groups is 1. The van der Waals surface area contributed by atoms with Crippen molar-refractivity contribution in [2.24, 2.45) is 0 Å². The maximum Gasteiger partial charge on any atom is 0.271 e. The Morgan fingerprint density at radius 2 is 1.50 bits per heavy atom. The van der Waals surface area contributed by atoms with Crippen molar-refractivity contribution in [3.05, 3.63) is 89.0 Å². The highest BCUT2D eigenvalue weighted by Crippen LogP contribution is 2.31. The molecule has 0 saturated carbocycles. The van der Waals surface area contributed by atoms with Crippen LogP contribution in [0.15, 0.2) is 78.9 Å². The van der Waals surface area contributed by atoms with E-state index in [0.29, 0.717) is 16.5 Å². The fourth-order valence-corrected chi connectivity index (χ4v) is 3.46. The van der Waals surface area contributed by atoms with Gasteiger partial charge in [-0.15, -0.1) is 0 Å². The topological polar surface area (TPSA) is 103 Å². The molecule has 0 atom stereocenters. The van der Waals surface area contributed by atoms with Crippen LogP contribution in [0.25, 0.3) is 0 Å². The second-order valence-electron chi connectivity index (χ2n) is 6.58. The smallest absolute Gasteiger partial charge is 0.271 e. The van der Waals surface area contributed by atoms with E-state index < -0.39 is 4.92 Å². The van der Waals surface area contributed by atoms with Crippen LogP contribution in [0.5, 0.6) is 0 Å². The van der Waals surface area contributed by atoms with Gasteiger partial charge in [-0.1, -0.05) is 36.4 Å². The number of benzene rings is 3. The fourth-order valence-electron chi connectivity index (χ4n) is 2.92. The molecular weight excluding hydrogens is 446 g/mol. The van der Waals surface area contributed by atoms with Crippen molar-refractivity contribution in [3.63, 3.8) is 0 Å². The first-order valence-electron chi connectivity index (χ1n) is 9.64. The predicted octanol–water partition coefficient (Wildman–Crippen LogP) is 4.60. The summed E-state index contributed by atoms with van der Waals surface area (Å²) < 4.78 is 0. The normalized spacial score (nSPS) is 10.2. The minimum absolute atomic E-state index is 0.107. The van der Waals surface area contributed by atoms with Crippen molar-refractivity contribution in [1.82, 2.24) is 0 Å². The second-order valence-corrected chi connectivity index (χ2v) is 7.37. The van der Waals surface area contributed by atoms with Gasteiger partial charge in [-0.3, -0.25) is 10.1 Å². The van der Waals surface area contributed by atoms with Crippen molar-refractivity contribution in [1.29, 1.82) is 0 Å². The van der Waals surface area contributed by atoms with Crippen LogP contribution in [0.3, 0.4) is 0 Å². The van der Waals surface area contributed by atoms with Gasteiger partial charge in [0.1, 0.15) is 0 Å². The number of nitro benzene ring substituents is 1. The summed E-state index contributed by atoms with van der Waals surface area (Å²) in [4.78, 5) is 12.5. The first kappa shape index (κ1) is 23.1. The number of anilines is 4. The standard InChI is InChI=1S/C22H21N5O3S2/c28-14-13-26(22(32)24-17-9-5-2-6-10-17)20-12-11-18(27(29)30)15-19(20)25-21(31)23-16-7-3-1-4-8-16/h1-12,15,28H,13-14H2,(H,24,32)(H2,23,25,31). The Hall–Kier alpha value is -3.60. The zero-order chi connectivity index (χ0) is 22.9. The number of para-hydroxylation sites is 2. The van der Waals surface area contributed by atoms with E-state index in [9.17, 15) is 15.2 Å². The van der Waals surface area contributed by atoms with Crippen LogP contribution in [-0.2, 0) is 0 Å². The maximum atomic E-state index is 11.3. The predicted molar refractivity (Wildman–Crippen MR) is 136 cm³/mol. The molecule has 0 aliphatic heterocycles. The van der Waals surface area contributed by atoms with Crippen molar-refractivity contribution in [2.75, 3.05) is 34.0 Å². The van der Waals surface area contributed by atoms with Gasteiger partial charge in [0.15, 0.2) is 10.2 Å². The van der Waals surface area contributed by atoms with Crippen LogP contribution in [0.2, 0.25) is 0 Å². The highest BCUT2D eigenvalue weighted by atomic mass is 32.1. The molecule has 0 amide bonds. The largest absolute Gasteiger partial charge is 0.395 e. The molecule has 0 aliphatic rings. The zero-order valence-electron chi connectivity index (χ0n) is 16.9. The molecule has 8 nitrogen and oxygen atoms in total. The molecule has 0 aromatic heterocycles. The molecule has 10 heteroatoms. The molecule has 0 unspecified atom stereocenters. The van der Waals surface area contributed by atoms with E-state index in [2.05, 4.69) is 16.0 Å². The molecular formula is C22H21N5O3S2. The Labute approximate surface area is 196 Å². The van der Waals surface area contributed by atoms with Gasteiger partial charge in [0.2, 0.25) is 0 Å². The van der Waals surface area contributed by atoms with Gasteiger partial charge < -0.3 is 26.0 Å². The summed E-state index contributed by atoms with van der Waals surface area (Å²) in [5.74, 6) is 0. The molecule has 0 aliphatic carbocycles. The minimum atomic E-state index is -0.487. The Kier molecular flexibility index (Phi) is 8.03. The molecule has 0 heterocycles. The molecule has 3 aromatic rings. The monoisotopic (exact) mass is 467 g/mol. The Bertz CT molecular complexity index is 1100. The number of nitrogens with zero attached hydrogens (tertiary/aromatic N) is 2. The van der Waals surface area contributed by atoms with Gasteiger partial charge in [-0.2, -0.15) is 0 Å². The fraction of sp³-hybridized carbons (Fsp3) is 0.0909. The summed E-state index contributed by atoms with van der Waals surface area (Å²) in [6.07, 6.45) is 0. The average molecular weight is 468 g/mol. The van der Waals surface area contributed by atoms with Gasteiger partial charge in [-0.05, 0) is 54.8 Å². The van der Waals surface area contributed by atoms with Crippen molar-refractivity contribution >= 4 is 63.1 Å². The van der Waals surface area contributed by atoms with Crippen LogP contribution >= 0.6 is 24.4 Å². The Balaban J connectivity index is 1.90. The Morgan fingerprint density at radius 1 is 0.906 bits per heavy atom. The molecule has 3 rings (SSSR count). The summed E-state index contributed by atoms with van der Waals surface area (Å²) in [7, 11) is 0. The van der Waals surface area contributed by atoms with Crippen LogP contribution < -0.4 is 20.9 Å². The Morgan fingerprint density at radius 3 is 2.06 bits per heavy atom. The summed E-state index contributed by atoms with van der Waals surface area (Å²) in [5, 5.41) is 30.7. The zero-order valence-corrected chi connectivity index (χ0v) is 18.5. The molecule has 164 valence electrons. The van der Waals surface area contributed by atoms with Crippen LogP contribution in [0.4, 0.5) is 28.4 Å². The molecule has 4 N–H and O–H groups in total. The van der Waals surface area contributed by atoms with E-state index in [4.69, 9.17) is 24.4 Å². The average Bonchev–Trinajstić information content (AvgIpc) is 2.79. The third kappa shape index (κ3) is 6.20. The van der Waals surface area contributed by atoms with E-state index in [1.165, 1.54) is 12.1 Å². The van der Waals surface area contributed by atoms with E-state index in [0.717, 1.165) is 11.4 Å². The van der Waals surface area contributed by atoms with Gasteiger partial charge in [-0.25, -0.2) is 0 Å². The van der Waals surface area contributed by atoms with E-state index in [-0.39, 0.29) is 24.0 Å². The SMILES string of the molecule is O=[N+]([O-])c1ccc(N(CCO)C(=S)Nc2ccccc2)c(NC(=S)Nc2ccccc2)c1. The second kappa shape index (κ2) is 11.1. The van der Waals surface area contributed by atoms with Crippen molar-refractivity contribution < 1.29 is 10.0 Å². The van der Waals surface area contributed by atoms with Gasteiger partial charge in [0.05, 0.1) is 22.9 Å². The lowest BCUT2D eigenvalue weighted by atomic mass is 10.2. The first-order chi connectivity index (χ1) is 15.5. The molecule has 0 spiro atoms. The molecule has 0 bridgehead atoms.